The molecular formula is C9H9ClN4OS. The van der Waals surface area contributed by atoms with Gasteiger partial charge in [0.05, 0.1) is 5.39 Å². The summed E-state index contributed by atoms with van der Waals surface area (Å²) < 4.78 is 0. The van der Waals surface area contributed by atoms with Gasteiger partial charge in [-0.15, -0.1) is 11.3 Å². The van der Waals surface area contributed by atoms with Crippen LogP contribution in [0.1, 0.15) is 6.92 Å². The second-order valence-corrected chi connectivity index (χ2v) is 4.48. The number of thiophene rings is 1. The number of hydrogen-bond donors (Lipinski definition) is 2. The average Bonchev–Trinajstić information content (AvgIpc) is 2.65. The molecule has 0 bridgehead atoms. The summed E-state index contributed by atoms with van der Waals surface area (Å²) in [6, 6.07) is 1.36. The number of aromatic nitrogens is 2. The Kier molecular flexibility index (Phi) is 2.93. The Morgan fingerprint density at radius 3 is 3.06 bits per heavy atom. The Morgan fingerprint density at radius 2 is 2.38 bits per heavy atom. The third-order valence-corrected chi connectivity index (χ3v) is 3.05. The van der Waals surface area contributed by atoms with Crippen molar-refractivity contribution in [2.45, 2.75) is 13.0 Å². The molecule has 5 nitrogen and oxygen atoms in total. The van der Waals surface area contributed by atoms with Gasteiger partial charge in [0, 0.05) is 0 Å². The fourth-order valence-corrected chi connectivity index (χ4v) is 2.20. The van der Waals surface area contributed by atoms with E-state index in [4.69, 9.17) is 17.3 Å². The van der Waals surface area contributed by atoms with Crippen LogP contribution in [0.5, 0.6) is 0 Å². The number of carbonyl (C=O) groups is 1. The Labute approximate surface area is 101 Å². The number of halogens is 1. The van der Waals surface area contributed by atoms with Crippen molar-refractivity contribution in [3.63, 3.8) is 0 Å². The van der Waals surface area contributed by atoms with E-state index in [-0.39, 0.29) is 5.28 Å². The van der Waals surface area contributed by atoms with Crippen molar-refractivity contribution in [1.29, 1.82) is 0 Å². The third kappa shape index (κ3) is 2.07. The molecule has 84 valence electrons. The maximum absolute atomic E-state index is 10.9. The molecule has 0 radical (unpaired) electrons. The molecule has 1 atom stereocenters. The fourth-order valence-electron chi connectivity index (χ4n) is 1.22. The van der Waals surface area contributed by atoms with Crippen molar-refractivity contribution in [3.05, 3.63) is 16.7 Å². The molecule has 2 aromatic rings. The summed E-state index contributed by atoms with van der Waals surface area (Å²) in [5.74, 6) is 0.0839. The SMILES string of the molecule is CC(Nc1nc(Cl)nc2sccc12)C(N)=O. The molecule has 1 amide bonds. The highest BCUT2D eigenvalue weighted by Gasteiger charge is 2.13. The number of nitrogens with zero attached hydrogens (tertiary/aromatic N) is 2. The van der Waals surface area contributed by atoms with Crippen LogP contribution < -0.4 is 11.1 Å². The molecular weight excluding hydrogens is 248 g/mol. The van der Waals surface area contributed by atoms with Crippen LogP contribution in [0, 0.1) is 0 Å². The van der Waals surface area contributed by atoms with Gasteiger partial charge < -0.3 is 11.1 Å². The fraction of sp³-hybridized carbons (Fsp3) is 0.222. The Hall–Kier alpha value is -1.40. The zero-order valence-corrected chi connectivity index (χ0v) is 9.97. The van der Waals surface area contributed by atoms with Gasteiger partial charge in [0.2, 0.25) is 11.2 Å². The van der Waals surface area contributed by atoms with Gasteiger partial charge in [-0.2, -0.15) is 0 Å². The first-order chi connectivity index (χ1) is 7.58. The minimum absolute atomic E-state index is 0.147. The minimum Gasteiger partial charge on any atom is -0.368 e. The molecule has 7 heteroatoms. The Balaban J connectivity index is 2.42. The van der Waals surface area contributed by atoms with Crippen LogP contribution in [0.15, 0.2) is 11.4 Å². The lowest BCUT2D eigenvalue weighted by molar-refractivity contribution is -0.118. The zero-order chi connectivity index (χ0) is 11.7. The van der Waals surface area contributed by atoms with Crippen LogP contribution in [0.3, 0.4) is 0 Å². The number of carbonyl (C=O) groups excluding carboxylic acids is 1. The standard InChI is InChI=1S/C9H9ClN4OS/c1-4(6(11)15)12-7-5-2-3-16-8(5)14-9(10)13-7/h2-4H,1H3,(H2,11,15)(H,12,13,14). The van der Waals surface area contributed by atoms with Crippen LogP contribution in [0.4, 0.5) is 5.82 Å². The van der Waals surface area contributed by atoms with Crippen LogP contribution in [-0.4, -0.2) is 21.9 Å². The minimum atomic E-state index is -0.505. The van der Waals surface area contributed by atoms with Crippen molar-refractivity contribution >= 4 is 44.9 Å². The maximum atomic E-state index is 10.9. The lowest BCUT2D eigenvalue weighted by Gasteiger charge is -2.11. The highest BCUT2D eigenvalue weighted by molar-refractivity contribution is 7.16. The average molecular weight is 257 g/mol. The van der Waals surface area contributed by atoms with Crippen LogP contribution in [0.25, 0.3) is 10.2 Å². The lowest BCUT2D eigenvalue weighted by Crippen LogP contribution is -2.32. The van der Waals surface area contributed by atoms with Crippen molar-refractivity contribution in [2.75, 3.05) is 5.32 Å². The summed E-state index contributed by atoms with van der Waals surface area (Å²) in [6.45, 7) is 1.66. The van der Waals surface area contributed by atoms with Gasteiger partial charge in [0.25, 0.3) is 0 Å². The third-order valence-electron chi connectivity index (χ3n) is 2.08. The van der Waals surface area contributed by atoms with Crippen molar-refractivity contribution in [1.82, 2.24) is 9.97 Å². The van der Waals surface area contributed by atoms with E-state index in [1.165, 1.54) is 11.3 Å². The molecule has 0 fully saturated rings. The lowest BCUT2D eigenvalue weighted by atomic mass is 10.3. The molecule has 2 heterocycles. The molecule has 0 aromatic carbocycles. The number of anilines is 1. The largest absolute Gasteiger partial charge is 0.368 e. The van der Waals surface area contributed by atoms with Gasteiger partial charge in [-0.25, -0.2) is 9.97 Å². The molecule has 0 saturated heterocycles. The quantitative estimate of drug-likeness (QED) is 0.818. The van der Waals surface area contributed by atoms with Gasteiger partial charge in [-0.05, 0) is 30.0 Å². The van der Waals surface area contributed by atoms with E-state index < -0.39 is 11.9 Å². The second-order valence-electron chi connectivity index (χ2n) is 3.25. The monoisotopic (exact) mass is 256 g/mol. The Bertz CT molecular complexity index is 541. The predicted molar refractivity (Wildman–Crippen MR) is 64.7 cm³/mol. The Morgan fingerprint density at radius 1 is 1.62 bits per heavy atom. The summed E-state index contributed by atoms with van der Waals surface area (Å²) in [4.78, 5) is 19.8. The molecule has 0 saturated carbocycles. The van der Waals surface area contributed by atoms with Gasteiger partial charge >= 0.3 is 0 Å². The van der Waals surface area contributed by atoms with Crippen molar-refractivity contribution < 1.29 is 4.79 Å². The van der Waals surface area contributed by atoms with Gasteiger partial charge in [0.1, 0.15) is 16.7 Å². The van der Waals surface area contributed by atoms with E-state index in [0.29, 0.717) is 5.82 Å². The topological polar surface area (TPSA) is 80.9 Å². The number of nitrogens with two attached hydrogens (primary N) is 1. The smallest absolute Gasteiger partial charge is 0.239 e. The maximum Gasteiger partial charge on any atom is 0.239 e. The highest BCUT2D eigenvalue weighted by Crippen LogP contribution is 2.26. The zero-order valence-electron chi connectivity index (χ0n) is 8.40. The van der Waals surface area contributed by atoms with E-state index in [0.717, 1.165) is 10.2 Å². The summed E-state index contributed by atoms with van der Waals surface area (Å²) in [6.07, 6.45) is 0. The highest BCUT2D eigenvalue weighted by atomic mass is 35.5. The second kappa shape index (κ2) is 4.23. The number of primary amides is 1. The first kappa shape index (κ1) is 11.1. The molecule has 16 heavy (non-hydrogen) atoms. The molecule has 0 aliphatic carbocycles. The normalized spacial score (nSPS) is 12.6. The predicted octanol–water partition coefficient (Wildman–Crippen LogP) is 1.63. The summed E-state index contributed by atoms with van der Waals surface area (Å²) in [5, 5.41) is 5.78. The van der Waals surface area contributed by atoms with Crippen molar-refractivity contribution in [2.24, 2.45) is 5.73 Å². The number of amides is 1. The van der Waals surface area contributed by atoms with Crippen LogP contribution in [-0.2, 0) is 4.79 Å². The van der Waals surface area contributed by atoms with Crippen LogP contribution >= 0.6 is 22.9 Å². The molecule has 0 aliphatic heterocycles. The summed E-state index contributed by atoms with van der Waals surface area (Å²) in [5.41, 5.74) is 5.17. The van der Waals surface area contributed by atoms with Gasteiger partial charge in [-0.3, -0.25) is 4.79 Å². The van der Waals surface area contributed by atoms with Crippen LogP contribution in [0.2, 0.25) is 5.28 Å². The van der Waals surface area contributed by atoms with E-state index in [2.05, 4.69) is 15.3 Å². The van der Waals surface area contributed by atoms with Gasteiger partial charge in [0.15, 0.2) is 0 Å². The first-order valence-electron chi connectivity index (χ1n) is 4.54. The van der Waals surface area contributed by atoms with E-state index in [9.17, 15) is 4.79 Å². The van der Waals surface area contributed by atoms with E-state index in [1.54, 1.807) is 6.92 Å². The molecule has 3 N–H and O–H groups in total. The van der Waals surface area contributed by atoms with Gasteiger partial charge in [-0.1, -0.05) is 0 Å². The number of fused-ring (bicyclic) bond motifs is 1. The molecule has 0 spiro atoms. The molecule has 0 aliphatic rings. The number of nitrogens with one attached hydrogen (secondary N) is 1. The molecule has 2 rings (SSSR count). The number of hydrogen-bond acceptors (Lipinski definition) is 5. The molecule has 2 aromatic heterocycles. The molecule has 1 unspecified atom stereocenters. The summed E-state index contributed by atoms with van der Waals surface area (Å²) in [7, 11) is 0. The van der Waals surface area contributed by atoms with E-state index in [1.807, 2.05) is 11.4 Å². The van der Waals surface area contributed by atoms with Crippen molar-refractivity contribution in [3.8, 4) is 0 Å². The van der Waals surface area contributed by atoms with E-state index >= 15 is 0 Å². The first-order valence-corrected chi connectivity index (χ1v) is 5.80. The number of rotatable bonds is 3. The summed E-state index contributed by atoms with van der Waals surface area (Å²) >= 11 is 7.23.